The number of nitrogens with one attached hydrogen (secondary N) is 5. The number of alkyl carbamates (subject to hydrolysis) is 1. The number of hydrogen-bond acceptors (Lipinski definition) is 25. The highest BCUT2D eigenvalue weighted by atomic mass is 16.5. The standard InChI is InChI=1S/C30H37N7O3.C28H33N7O.C21H26N6O2.C20H26N6O2/c1-21-13-15-23(16-14-21)26-25-27(31)34-20-35-28(25)37(36-26)30(2,3)19-33-24(38)12-8-5-9-17-32-29(39)40-18-22-10-6-4-7-11-22;1-19-10-12-20(13-11-19)24-23-25(29)31-18-32-26(23)35(33-24)28(2,3)17-30-27(36)21-8-7-9-22(16-21)34-14-5-4-6-15-34;1-13-5-8-15(9-6-13)18-17-19(22)24-12-25-20(17)27(26-18)21(3,4)11-23-16(29)10-7-14(2)28;1-13-5-7-14(8-6-13)17-16-18(21)23-12-24-19(16)26(25-17)20(2,3)11-22-15(27)9-10-28-4/h4,6-7,10-11,13-16,20H,5,8-9,12,17-19H2,1-3H3,(H,32,39)(H,33,38)(H2,31,34,35);7-13,16,18H,4-6,14-15,17H2,1-3H3,(H,30,36)(H2,29,31,32);5-6,8-9,12H,7,10-11H2,1-4H3,(H,23,29)(H2,22,24,25);5-8,12H,9-11H2,1-4H3,(H,22,27)(H2,21,23,24). The predicted octanol–water partition coefficient (Wildman–Crippen LogP) is 14.1. The molecule has 8 aromatic heterocycles. The minimum atomic E-state index is -0.576. The van der Waals surface area contributed by atoms with E-state index in [1.165, 1.54) is 57.1 Å². The Morgan fingerprint density at radius 2 is 0.752 bits per heavy atom. The number of unbranched alkanes of at least 4 members (excludes halogenated alkanes) is 2. The van der Waals surface area contributed by atoms with Gasteiger partial charge in [0.15, 0.2) is 22.6 Å². The molecule has 0 saturated carbocycles. The van der Waals surface area contributed by atoms with Crippen LogP contribution in [0.3, 0.4) is 0 Å². The number of hydrogen-bond donors (Lipinski definition) is 9. The van der Waals surface area contributed by atoms with Crippen molar-refractivity contribution < 1.29 is 38.2 Å². The van der Waals surface area contributed by atoms with E-state index in [4.69, 9.17) is 52.8 Å². The van der Waals surface area contributed by atoms with Crippen molar-refractivity contribution in [3.63, 3.8) is 0 Å². The zero-order valence-corrected chi connectivity index (χ0v) is 78.4. The molecule has 14 aromatic rings. The number of amides is 5. The Hall–Kier alpha value is -14.7. The summed E-state index contributed by atoms with van der Waals surface area (Å²) in [7, 11) is 1.57. The Bertz CT molecular complexity index is 6380. The normalized spacial score (nSPS) is 12.3. The number of benzene rings is 6. The van der Waals surface area contributed by atoms with Crippen LogP contribution in [0.4, 0.5) is 33.8 Å². The van der Waals surface area contributed by atoms with Gasteiger partial charge in [-0.25, -0.2) is 63.4 Å². The average Bonchev–Trinajstić information content (AvgIpc) is 1.62. The first-order chi connectivity index (χ1) is 63.6. The molecule has 0 atom stereocenters. The number of nitrogens with zero attached hydrogens (tertiary/aromatic N) is 17. The van der Waals surface area contributed by atoms with Crippen molar-refractivity contribution in [2.45, 2.75) is 183 Å². The number of piperidine rings is 1. The van der Waals surface area contributed by atoms with E-state index in [0.29, 0.717) is 131 Å². The van der Waals surface area contributed by atoms with Crippen LogP contribution in [-0.2, 0) is 57.4 Å². The van der Waals surface area contributed by atoms with Gasteiger partial charge in [0, 0.05) is 112 Å². The van der Waals surface area contributed by atoms with Gasteiger partial charge in [-0.3, -0.25) is 19.2 Å². The van der Waals surface area contributed by atoms with Gasteiger partial charge in [0.05, 0.1) is 50.3 Å². The van der Waals surface area contributed by atoms with Gasteiger partial charge in [0.25, 0.3) is 5.91 Å². The van der Waals surface area contributed by atoms with Gasteiger partial charge in [0.1, 0.15) is 83.7 Å². The summed E-state index contributed by atoms with van der Waals surface area (Å²) in [6.07, 6.45) is 12.4. The molecule has 0 spiro atoms. The minimum absolute atomic E-state index is 0.00704. The van der Waals surface area contributed by atoms with Crippen LogP contribution in [0, 0.1) is 27.7 Å². The molecule has 5 amide bonds. The van der Waals surface area contributed by atoms with E-state index in [9.17, 15) is 28.8 Å². The fraction of sp³-hybridized carbons (Fsp3) is 0.374. The number of rotatable bonds is 32. The second kappa shape index (κ2) is 43.8. The lowest BCUT2D eigenvalue weighted by Gasteiger charge is -2.29. The first kappa shape index (κ1) is 97.4. The van der Waals surface area contributed by atoms with E-state index < -0.39 is 28.2 Å². The highest BCUT2D eigenvalue weighted by Gasteiger charge is 2.34. The smallest absolute Gasteiger partial charge is 0.407 e. The van der Waals surface area contributed by atoms with Crippen LogP contribution >= 0.6 is 0 Å². The Labute approximate surface area is 774 Å². The van der Waals surface area contributed by atoms with E-state index in [2.05, 4.69) is 77.4 Å². The van der Waals surface area contributed by atoms with Crippen molar-refractivity contribution in [2.24, 2.45) is 0 Å². The lowest BCUT2D eigenvalue weighted by atomic mass is 10.1. The number of ketones is 1. The maximum absolute atomic E-state index is 13.1. The number of ether oxygens (including phenoxy) is 2. The van der Waals surface area contributed by atoms with E-state index in [0.717, 1.165) is 99.3 Å². The molecule has 34 nitrogen and oxygen atoms in total. The molecule has 0 aliphatic carbocycles. The third-order valence-electron chi connectivity index (χ3n) is 23.0. The predicted molar refractivity (Wildman–Crippen MR) is 520 cm³/mol. The van der Waals surface area contributed by atoms with Gasteiger partial charge in [-0.15, -0.1) is 0 Å². The maximum Gasteiger partial charge on any atom is 0.407 e. The summed E-state index contributed by atoms with van der Waals surface area (Å²) < 4.78 is 17.4. The van der Waals surface area contributed by atoms with Crippen LogP contribution in [0.1, 0.15) is 165 Å². The van der Waals surface area contributed by atoms with Crippen LogP contribution in [0.2, 0.25) is 0 Å². The summed E-state index contributed by atoms with van der Waals surface area (Å²) in [5.41, 5.74) is 39.1. The quantitative estimate of drug-likeness (QED) is 0.0177. The number of anilines is 5. The maximum atomic E-state index is 13.1. The van der Waals surface area contributed by atoms with Crippen molar-refractivity contribution in [1.29, 1.82) is 0 Å². The fourth-order valence-corrected chi connectivity index (χ4v) is 15.2. The molecule has 1 fully saturated rings. The fourth-order valence-electron chi connectivity index (χ4n) is 15.2. The molecule has 13 N–H and O–H groups in total. The van der Waals surface area contributed by atoms with Crippen molar-refractivity contribution in [1.82, 2.24) is 106 Å². The van der Waals surface area contributed by atoms with Crippen molar-refractivity contribution in [3.8, 4) is 45.0 Å². The lowest BCUT2D eigenvalue weighted by Crippen LogP contribution is -2.41. The lowest BCUT2D eigenvalue weighted by molar-refractivity contribution is -0.124. The first-order valence-electron chi connectivity index (χ1n) is 44.7. The highest BCUT2D eigenvalue weighted by molar-refractivity contribution is 6.02. The molecule has 1 saturated heterocycles. The molecule has 0 radical (unpaired) electrons. The van der Waals surface area contributed by atoms with E-state index in [1.54, 1.807) is 11.8 Å². The van der Waals surface area contributed by atoms with E-state index in [-0.39, 0.29) is 48.9 Å². The molecule has 6 aromatic carbocycles. The Kier molecular flexibility index (Phi) is 32.1. The molecule has 9 heterocycles. The van der Waals surface area contributed by atoms with Crippen molar-refractivity contribution in [2.75, 3.05) is 87.4 Å². The summed E-state index contributed by atoms with van der Waals surface area (Å²) >= 11 is 0. The average molecular weight is 1800 g/mol. The number of nitrogen functional groups attached to an aromatic ring is 4. The summed E-state index contributed by atoms with van der Waals surface area (Å²) in [4.78, 5) is 110. The number of Topliss-reactive ketones (excluding diaryl/α,β-unsaturated/α-hetero) is 1. The second-order valence-corrected chi connectivity index (χ2v) is 35.9. The molecule has 1 aliphatic rings. The number of nitrogens with two attached hydrogens (primary N) is 4. The number of carbonyl (C=O) groups is 6. The van der Waals surface area contributed by atoms with Crippen LogP contribution in [0.25, 0.3) is 89.2 Å². The Morgan fingerprint density at radius 3 is 1.12 bits per heavy atom. The highest BCUT2D eigenvalue weighted by Crippen LogP contribution is 2.39. The molecule has 133 heavy (non-hydrogen) atoms. The number of methoxy groups -OCH3 is 1. The van der Waals surface area contributed by atoms with E-state index >= 15 is 0 Å². The molecule has 696 valence electrons. The molecule has 34 heteroatoms. The monoisotopic (exact) mass is 1800 g/mol. The Morgan fingerprint density at radius 1 is 0.391 bits per heavy atom. The van der Waals surface area contributed by atoms with Gasteiger partial charge in [0.2, 0.25) is 17.7 Å². The third kappa shape index (κ3) is 24.9. The minimum Gasteiger partial charge on any atom is -0.445 e. The zero-order valence-electron chi connectivity index (χ0n) is 78.4. The topological polar surface area (TPSA) is 463 Å². The molecular formula is C99H122N26O8. The Balaban J connectivity index is 0.000000162. The summed E-state index contributed by atoms with van der Waals surface area (Å²) in [6.45, 7) is 30.3. The van der Waals surface area contributed by atoms with Gasteiger partial charge in [-0.1, -0.05) is 162 Å². The summed E-state index contributed by atoms with van der Waals surface area (Å²) in [5, 5.41) is 37.0. The van der Waals surface area contributed by atoms with Crippen molar-refractivity contribution in [3.05, 3.63) is 210 Å². The van der Waals surface area contributed by atoms with E-state index in [1.807, 2.05) is 243 Å². The van der Waals surface area contributed by atoms with Gasteiger partial charge in [-0.05, 0) is 146 Å². The van der Waals surface area contributed by atoms with Crippen molar-refractivity contribution >= 4 is 109 Å². The second-order valence-electron chi connectivity index (χ2n) is 35.9. The first-order valence-corrected chi connectivity index (χ1v) is 44.7. The summed E-state index contributed by atoms with van der Waals surface area (Å²) in [5.74, 6) is 1.11. The molecular weight excluding hydrogens is 1680 g/mol. The summed E-state index contributed by atoms with van der Waals surface area (Å²) in [6, 6.07) is 49.7. The molecule has 15 rings (SSSR count). The van der Waals surface area contributed by atoms with Crippen LogP contribution in [0.5, 0.6) is 0 Å². The van der Waals surface area contributed by atoms with Crippen LogP contribution in [0.15, 0.2) is 177 Å². The van der Waals surface area contributed by atoms with Gasteiger partial charge >= 0.3 is 6.09 Å². The molecule has 0 bridgehead atoms. The number of aryl methyl sites for hydroxylation is 4. The largest absolute Gasteiger partial charge is 0.445 e. The third-order valence-corrected chi connectivity index (χ3v) is 23.0. The van der Waals surface area contributed by atoms with Crippen LogP contribution in [-0.4, -0.2) is 174 Å². The number of aromatic nitrogens is 16. The van der Waals surface area contributed by atoms with Crippen LogP contribution < -0.4 is 54.4 Å². The SMILES string of the molecule is CC(=O)CCC(=O)NCC(C)(C)n1nc(-c2ccc(C)cc2)c2c(N)ncnc21.COCCC(=O)NCC(C)(C)n1nc(-c2ccc(C)cc2)c2c(N)ncnc21.Cc1ccc(-c2nn(C(C)(C)CNC(=O)CCCCCNC(=O)OCc3ccccc3)c3ncnc(N)c23)cc1.Cc1ccc(-c2nn(C(C)(C)CNC(=O)c3cccc(N4CCCCC4)c3)c3ncnc(N)c23)cc1. The van der Waals surface area contributed by atoms with Gasteiger partial charge < -0.3 is 68.7 Å². The van der Waals surface area contributed by atoms with Gasteiger partial charge in [-0.2, -0.15) is 20.4 Å². The number of fused-ring (bicyclic) bond motifs is 4. The number of carbonyl (C=O) groups excluding carboxylic acids is 6. The molecule has 1 aliphatic heterocycles. The molecule has 0 unspecified atom stereocenters. The zero-order chi connectivity index (χ0) is 95.3.